The van der Waals surface area contributed by atoms with Crippen LogP contribution in [0.5, 0.6) is 0 Å². The highest BCUT2D eigenvalue weighted by atomic mass is 16.6. The third-order valence-electron chi connectivity index (χ3n) is 2.00. The summed E-state index contributed by atoms with van der Waals surface area (Å²) in [5, 5.41) is 13.1. The summed E-state index contributed by atoms with van der Waals surface area (Å²) in [7, 11) is 0. The first kappa shape index (κ1) is 17.2. The van der Waals surface area contributed by atoms with E-state index in [0.29, 0.717) is 12.8 Å². The van der Waals surface area contributed by atoms with E-state index in [2.05, 4.69) is 10.6 Å². The fourth-order valence-corrected chi connectivity index (χ4v) is 1.29. The summed E-state index contributed by atoms with van der Waals surface area (Å²) in [6, 6.07) is -0.792. The predicted octanol–water partition coefficient (Wildman–Crippen LogP) is 0.881. The van der Waals surface area contributed by atoms with E-state index in [1.54, 1.807) is 20.8 Å². The fraction of sp³-hybridized carbons (Fsp3) is 0.750. The summed E-state index contributed by atoms with van der Waals surface area (Å²) in [6.07, 6.45) is 0.377. The molecule has 19 heavy (non-hydrogen) atoms. The van der Waals surface area contributed by atoms with Crippen molar-refractivity contribution in [1.29, 1.82) is 0 Å². The molecule has 0 aromatic heterocycles. The van der Waals surface area contributed by atoms with Crippen molar-refractivity contribution in [3.8, 4) is 0 Å². The minimum atomic E-state index is -1.14. The lowest BCUT2D eigenvalue weighted by Gasteiger charge is -2.23. The van der Waals surface area contributed by atoms with Gasteiger partial charge in [-0.15, -0.1) is 0 Å². The molecule has 0 aliphatic rings. The molecular formula is C12H22N2O5. The van der Waals surface area contributed by atoms with Crippen molar-refractivity contribution in [1.82, 2.24) is 10.6 Å². The molecule has 0 saturated carbocycles. The number of nitrogens with one attached hydrogen (secondary N) is 2. The molecule has 1 atom stereocenters. The van der Waals surface area contributed by atoms with E-state index in [1.807, 2.05) is 6.92 Å². The third kappa shape index (κ3) is 8.87. The number of alkyl carbamates (subject to hydrolysis) is 1. The summed E-state index contributed by atoms with van der Waals surface area (Å²) in [5.74, 6) is -1.67. The normalized spacial score (nSPS) is 12.4. The summed E-state index contributed by atoms with van der Waals surface area (Å²) >= 11 is 0. The molecular weight excluding hydrogens is 252 g/mol. The smallest absolute Gasteiger partial charge is 0.408 e. The van der Waals surface area contributed by atoms with E-state index in [0.717, 1.165) is 0 Å². The van der Waals surface area contributed by atoms with Gasteiger partial charge in [0.2, 0.25) is 5.91 Å². The Morgan fingerprint density at radius 2 is 1.84 bits per heavy atom. The maximum Gasteiger partial charge on any atom is 0.408 e. The van der Waals surface area contributed by atoms with Crippen LogP contribution < -0.4 is 10.6 Å². The van der Waals surface area contributed by atoms with Crippen molar-refractivity contribution in [3.05, 3.63) is 0 Å². The van der Waals surface area contributed by atoms with E-state index in [9.17, 15) is 14.4 Å². The number of amides is 2. The van der Waals surface area contributed by atoms with Crippen LogP contribution in [0.25, 0.3) is 0 Å². The maximum atomic E-state index is 11.7. The Morgan fingerprint density at radius 3 is 2.26 bits per heavy atom. The van der Waals surface area contributed by atoms with Crippen molar-refractivity contribution in [2.75, 3.05) is 6.54 Å². The number of aliphatic carboxylic acids is 1. The first-order valence-electron chi connectivity index (χ1n) is 6.14. The van der Waals surface area contributed by atoms with Crippen molar-refractivity contribution >= 4 is 18.0 Å². The van der Waals surface area contributed by atoms with Crippen LogP contribution in [0.4, 0.5) is 4.79 Å². The van der Waals surface area contributed by atoms with Gasteiger partial charge in [0.1, 0.15) is 18.2 Å². The summed E-state index contributed by atoms with van der Waals surface area (Å²) < 4.78 is 5.04. The van der Waals surface area contributed by atoms with Gasteiger partial charge in [-0.1, -0.05) is 13.3 Å². The minimum Gasteiger partial charge on any atom is -0.480 e. The van der Waals surface area contributed by atoms with Crippen LogP contribution in [-0.4, -0.2) is 41.3 Å². The monoisotopic (exact) mass is 274 g/mol. The Labute approximate surface area is 112 Å². The molecule has 2 amide bonds. The largest absolute Gasteiger partial charge is 0.480 e. The standard InChI is InChI=1S/C12H22N2O5/c1-5-6-8(10(17)13-7-9(15)16)14-11(18)19-12(2,3)4/h8H,5-7H2,1-4H3,(H,13,17)(H,14,18)(H,15,16). The Hall–Kier alpha value is -1.79. The maximum absolute atomic E-state index is 11.7. The van der Waals surface area contributed by atoms with Gasteiger partial charge in [0.15, 0.2) is 0 Å². The van der Waals surface area contributed by atoms with Gasteiger partial charge in [0, 0.05) is 0 Å². The zero-order chi connectivity index (χ0) is 15.1. The summed E-state index contributed by atoms with van der Waals surface area (Å²) in [6.45, 7) is 6.52. The van der Waals surface area contributed by atoms with Crippen molar-refractivity contribution < 1.29 is 24.2 Å². The minimum absolute atomic E-state index is 0.407. The number of carbonyl (C=O) groups excluding carboxylic acids is 2. The molecule has 0 aromatic rings. The predicted molar refractivity (Wildman–Crippen MR) is 68.7 cm³/mol. The van der Waals surface area contributed by atoms with Crippen molar-refractivity contribution in [3.63, 3.8) is 0 Å². The van der Waals surface area contributed by atoms with Gasteiger partial charge in [-0.3, -0.25) is 9.59 Å². The number of carbonyl (C=O) groups is 3. The molecule has 0 spiro atoms. The Morgan fingerprint density at radius 1 is 1.26 bits per heavy atom. The lowest BCUT2D eigenvalue weighted by atomic mass is 10.1. The van der Waals surface area contributed by atoms with Crippen LogP contribution in [-0.2, 0) is 14.3 Å². The Bertz CT molecular complexity index is 336. The molecule has 0 aliphatic carbocycles. The average Bonchev–Trinajstić information content (AvgIpc) is 2.22. The number of carboxylic acid groups (broad SMARTS) is 1. The second kappa shape index (κ2) is 7.60. The quantitative estimate of drug-likeness (QED) is 0.667. The molecule has 0 aliphatic heterocycles. The second-order valence-electron chi connectivity index (χ2n) is 5.10. The van der Waals surface area contributed by atoms with Gasteiger partial charge in [0.25, 0.3) is 0 Å². The SMILES string of the molecule is CCCC(NC(=O)OC(C)(C)C)C(=O)NCC(=O)O. The zero-order valence-corrected chi connectivity index (χ0v) is 11.8. The van der Waals surface area contributed by atoms with Crippen LogP contribution in [0.15, 0.2) is 0 Å². The number of carboxylic acids is 1. The van der Waals surface area contributed by atoms with Crippen LogP contribution in [0.2, 0.25) is 0 Å². The van der Waals surface area contributed by atoms with Gasteiger partial charge >= 0.3 is 12.1 Å². The second-order valence-corrected chi connectivity index (χ2v) is 5.10. The van der Waals surface area contributed by atoms with E-state index < -0.39 is 36.2 Å². The molecule has 7 nitrogen and oxygen atoms in total. The lowest BCUT2D eigenvalue weighted by molar-refractivity contribution is -0.138. The number of rotatable bonds is 6. The Balaban J connectivity index is 4.43. The fourth-order valence-electron chi connectivity index (χ4n) is 1.29. The molecule has 3 N–H and O–H groups in total. The van der Waals surface area contributed by atoms with Gasteiger partial charge in [-0.25, -0.2) is 4.79 Å². The highest BCUT2D eigenvalue weighted by Crippen LogP contribution is 2.07. The first-order chi connectivity index (χ1) is 8.65. The van der Waals surface area contributed by atoms with E-state index in [-0.39, 0.29) is 0 Å². The van der Waals surface area contributed by atoms with Crippen molar-refractivity contribution in [2.24, 2.45) is 0 Å². The number of hydrogen-bond donors (Lipinski definition) is 3. The third-order valence-corrected chi connectivity index (χ3v) is 2.00. The summed E-state index contributed by atoms with van der Waals surface area (Å²) in [4.78, 5) is 33.6. The highest BCUT2D eigenvalue weighted by molar-refractivity contribution is 5.87. The lowest BCUT2D eigenvalue weighted by Crippen LogP contribution is -2.49. The highest BCUT2D eigenvalue weighted by Gasteiger charge is 2.23. The average molecular weight is 274 g/mol. The molecule has 7 heteroatoms. The van der Waals surface area contributed by atoms with Crippen LogP contribution in [0.3, 0.4) is 0 Å². The van der Waals surface area contributed by atoms with Crippen LogP contribution >= 0.6 is 0 Å². The molecule has 1 unspecified atom stereocenters. The summed E-state index contributed by atoms with van der Waals surface area (Å²) in [5.41, 5.74) is -0.654. The van der Waals surface area contributed by atoms with Gasteiger partial charge in [-0.2, -0.15) is 0 Å². The molecule has 0 heterocycles. The molecule has 0 radical (unpaired) electrons. The van der Waals surface area contributed by atoms with Gasteiger partial charge in [-0.05, 0) is 27.2 Å². The number of ether oxygens (including phenoxy) is 1. The van der Waals surface area contributed by atoms with E-state index in [1.165, 1.54) is 0 Å². The van der Waals surface area contributed by atoms with Crippen molar-refractivity contribution in [2.45, 2.75) is 52.2 Å². The Kier molecular flexibility index (Phi) is 6.89. The topological polar surface area (TPSA) is 105 Å². The van der Waals surface area contributed by atoms with Crippen LogP contribution in [0.1, 0.15) is 40.5 Å². The van der Waals surface area contributed by atoms with Gasteiger partial charge in [0.05, 0.1) is 0 Å². The van der Waals surface area contributed by atoms with Crippen LogP contribution in [0, 0.1) is 0 Å². The molecule has 0 aromatic carbocycles. The zero-order valence-electron chi connectivity index (χ0n) is 11.8. The molecule has 0 rings (SSSR count). The van der Waals surface area contributed by atoms with E-state index >= 15 is 0 Å². The first-order valence-corrected chi connectivity index (χ1v) is 6.14. The molecule has 0 fully saturated rings. The molecule has 0 bridgehead atoms. The van der Waals surface area contributed by atoms with E-state index in [4.69, 9.17) is 9.84 Å². The molecule has 110 valence electrons. The molecule has 0 saturated heterocycles. The van der Waals surface area contributed by atoms with Gasteiger partial charge < -0.3 is 20.5 Å². The number of hydrogen-bond acceptors (Lipinski definition) is 4.